The van der Waals surface area contributed by atoms with Gasteiger partial charge in [-0.1, -0.05) is 0 Å². The van der Waals surface area contributed by atoms with Gasteiger partial charge in [-0.2, -0.15) is 0 Å². The molecule has 0 bridgehead atoms. The maximum atomic E-state index is 11.0. The van der Waals surface area contributed by atoms with Gasteiger partial charge in [0.25, 0.3) is 7.82 Å². The van der Waals surface area contributed by atoms with Crippen molar-refractivity contribution in [3.63, 3.8) is 0 Å². The van der Waals surface area contributed by atoms with Gasteiger partial charge < -0.3 is 53.1 Å². The molecule has 14 nitrogen and oxygen atoms in total. The molecule has 5 atom stereocenters. The van der Waals surface area contributed by atoms with Crippen molar-refractivity contribution in [2.75, 3.05) is 6.61 Å². The molecule has 0 amide bonds. The molecule has 0 aromatic carbocycles. The van der Waals surface area contributed by atoms with E-state index in [1.807, 2.05) is 0 Å². The van der Waals surface area contributed by atoms with Gasteiger partial charge in [-0.25, -0.2) is 0 Å². The van der Waals surface area contributed by atoms with Gasteiger partial charge >= 0.3 is 148 Å². The molecule has 2 N–H and O–H groups in total. The first-order chi connectivity index (χ1) is 9.70. The Kier molecular flexibility index (Phi) is 27.7. The van der Waals surface area contributed by atoms with Gasteiger partial charge in [0.15, 0.2) is 6.29 Å². The number of aliphatic hydroxyl groups is 2. The summed E-state index contributed by atoms with van der Waals surface area (Å²) in [6.07, 6.45) is -7.96. The number of hydrogen-bond donors (Lipinski definition) is 2. The van der Waals surface area contributed by atoms with E-state index in [9.17, 15) is 48.4 Å². The third-order valence-corrected chi connectivity index (χ3v) is 4.68. The zero-order valence-corrected chi connectivity index (χ0v) is 27.8. The topological polar surface area (TPSA) is 244 Å². The maximum Gasteiger partial charge on any atom is 1.00 e. The van der Waals surface area contributed by atoms with Gasteiger partial charge in [-0.15, -0.1) is 0 Å². The van der Waals surface area contributed by atoms with Crippen molar-refractivity contribution in [1.29, 1.82) is 0 Å². The average molecular weight is 500 g/mol. The van der Waals surface area contributed by atoms with E-state index >= 15 is 0 Å². The van der Waals surface area contributed by atoms with Crippen LogP contribution in [0.5, 0.6) is 0 Å². The first kappa shape index (κ1) is 42.4. The van der Waals surface area contributed by atoms with Crippen LogP contribution in [0.3, 0.4) is 0 Å². The quantitative estimate of drug-likeness (QED) is 0.244. The van der Waals surface area contributed by atoms with Crippen molar-refractivity contribution < 1.29 is 214 Å². The normalized spacial score (nSPS) is 26.8. The minimum atomic E-state index is -5.97. The molecule has 0 aromatic rings. The standard InChI is InChI=1S/C5H13O14P3.5Na/c6-3-2(1-16-20(8,9)10)17-5(4(3)7)18-22(14,15)19-21(11,12)13;;;;;/h2-7H,1H2,(H,14,15)(H2,8,9,10)(H2,11,12,13);;;;;/q;5*+1/p-5. The van der Waals surface area contributed by atoms with Crippen molar-refractivity contribution in [2.45, 2.75) is 24.6 Å². The van der Waals surface area contributed by atoms with Gasteiger partial charge in [-0.3, -0.25) is 13.4 Å². The van der Waals surface area contributed by atoms with E-state index in [-0.39, 0.29) is 148 Å². The largest absolute Gasteiger partial charge is 1.00 e. The summed E-state index contributed by atoms with van der Waals surface area (Å²) >= 11 is 0. The SMILES string of the molecule is O=P([O-])([O-])OCC1OC(OP(=O)([O-])OP(=O)([O-])[O-])C(O)C1O.[Na+].[Na+].[Na+].[Na+].[Na+]. The maximum absolute atomic E-state index is 11.0. The number of phosphoric acid groups is 3. The molecule has 132 valence electrons. The van der Waals surface area contributed by atoms with E-state index in [4.69, 9.17) is 0 Å². The van der Waals surface area contributed by atoms with Crippen LogP contribution in [-0.4, -0.2) is 41.4 Å². The minimum absolute atomic E-state index is 0. The van der Waals surface area contributed by atoms with E-state index in [2.05, 4.69) is 18.1 Å². The first-order valence-corrected chi connectivity index (χ1v) is 9.49. The second-order valence-corrected chi connectivity index (χ2v) is 7.65. The number of phosphoric ester groups is 2. The van der Waals surface area contributed by atoms with Gasteiger partial charge in [0.05, 0.1) is 22.3 Å². The molecule has 1 saturated heterocycles. The van der Waals surface area contributed by atoms with Crippen LogP contribution in [-0.2, 0) is 31.8 Å². The number of hydrogen-bond acceptors (Lipinski definition) is 14. The molecule has 0 saturated carbocycles. The molecular weight excluding hydrogens is 492 g/mol. The van der Waals surface area contributed by atoms with Gasteiger partial charge in [0.1, 0.15) is 18.3 Å². The van der Waals surface area contributed by atoms with Gasteiger partial charge in [-0.05, 0) is 0 Å². The molecular formula is C5H8Na5O14P3. The monoisotopic (exact) mass is 500 g/mol. The van der Waals surface area contributed by atoms with E-state index < -0.39 is 54.7 Å². The Morgan fingerprint density at radius 3 is 1.63 bits per heavy atom. The Hall–Kier alpha value is 5.25. The average Bonchev–Trinajstić information content (AvgIpc) is 2.49. The van der Waals surface area contributed by atoms with E-state index in [1.165, 1.54) is 0 Å². The summed E-state index contributed by atoms with van der Waals surface area (Å²) in [6, 6.07) is 0. The molecule has 1 heterocycles. The minimum Gasteiger partial charge on any atom is -0.790 e. The van der Waals surface area contributed by atoms with Crippen molar-refractivity contribution in [2.24, 2.45) is 0 Å². The summed E-state index contributed by atoms with van der Waals surface area (Å²) in [5, 5.41) is 18.8. The molecule has 22 heteroatoms. The fourth-order valence-corrected chi connectivity index (χ4v) is 3.27. The second kappa shape index (κ2) is 17.7. The Balaban J connectivity index is -0.000000323. The Morgan fingerprint density at radius 1 is 0.815 bits per heavy atom. The molecule has 0 spiro atoms. The third-order valence-electron chi connectivity index (χ3n) is 2.15. The Bertz CT molecular complexity index is 539. The van der Waals surface area contributed by atoms with E-state index in [0.717, 1.165) is 0 Å². The fraction of sp³-hybridized carbons (Fsp3) is 1.00. The number of rotatable bonds is 7. The smallest absolute Gasteiger partial charge is 0.790 e. The molecule has 0 aromatic heterocycles. The molecule has 27 heavy (non-hydrogen) atoms. The van der Waals surface area contributed by atoms with E-state index in [1.54, 1.807) is 0 Å². The predicted molar refractivity (Wildman–Crippen MR) is 51.6 cm³/mol. The van der Waals surface area contributed by atoms with Crippen LogP contribution in [0.1, 0.15) is 0 Å². The molecule has 1 fully saturated rings. The molecule has 0 radical (unpaired) electrons. The zero-order chi connectivity index (χ0) is 17.3. The van der Waals surface area contributed by atoms with Crippen molar-refractivity contribution in [3.8, 4) is 0 Å². The molecule has 1 rings (SSSR count). The van der Waals surface area contributed by atoms with Crippen LogP contribution >= 0.6 is 23.5 Å². The van der Waals surface area contributed by atoms with Crippen LogP contribution in [0, 0.1) is 0 Å². The van der Waals surface area contributed by atoms with Crippen molar-refractivity contribution in [3.05, 3.63) is 0 Å². The van der Waals surface area contributed by atoms with Gasteiger partial charge in [0.2, 0.25) is 0 Å². The summed E-state index contributed by atoms with van der Waals surface area (Å²) in [7, 11) is -17.2. The van der Waals surface area contributed by atoms with Crippen molar-refractivity contribution >= 4 is 23.5 Å². The van der Waals surface area contributed by atoms with Crippen LogP contribution in [0.2, 0.25) is 0 Å². The van der Waals surface area contributed by atoms with Crippen LogP contribution < -0.4 is 172 Å². The summed E-state index contributed by atoms with van der Waals surface area (Å²) < 4.78 is 46.8. The first-order valence-electron chi connectivity index (χ1n) is 5.11. The summed E-state index contributed by atoms with van der Waals surface area (Å²) in [5.74, 6) is 0. The van der Waals surface area contributed by atoms with Crippen LogP contribution in [0.15, 0.2) is 0 Å². The van der Waals surface area contributed by atoms with Crippen LogP contribution in [0.25, 0.3) is 0 Å². The Morgan fingerprint density at radius 2 is 1.26 bits per heavy atom. The molecule has 1 aliphatic rings. The summed E-state index contributed by atoms with van der Waals surface area (Å²) in [6.45, 7) is -1.08. The summed E-state index contributed by atoms with van der Waals surface area (Å²) in [4.78, 5) is 51.9. The Labute approximate surface area is 264 Å². The van der Waals surface area contributed by atoms with Crippen molar-refractivity contribution in [1.82, 2.24) is 0 Å². The number of aliphatic hydroxyl groups excluding tert-OH is 2. The predicted octanol–water partition coefficient (Wildman–Crippen LogP) is -20.4. The molecule has 0 aliphatic carbocycles. The van der Waals surface area contributed by atoms with Crippen LogP contribution in [0.4, 0.5) is 0 Å². The summed E-state index contributed by atoms with van der Waals surface area (Å²) in [5.41, 5.74) is 0. The fourth-order valence-electron chi connectivity index (χ4n) is 1.37. The second-order valence-electron chi connectivity index (χ2n) is 3.85. The molecule has 1 aliphatic heterocycles. The van der Waals surface area contributed by atoms with Gasteiger partial charge in [0, 0.05) is 0 Å². The number of ether oxygens (including phenoxy) is 1. The molecule has 5 unspecified atom stereocenters. The zero-order valence-electron chi connectivity index (χ0n) is 15.2. The van der Waals surface area contributed by atoms with E-state index in [0.29, 0.717) is 0 Å². The third kappa shape index (κ3) is 18.3.